The summed E-state index contributed by atoms with van der Waals surface area (Å²) >= 11 is 0. The van der Waals surface area contributed by atoms with Crippen molar-refractivity contribution in [2.24, 2.45) is 0 Å². The fourth-order valence-corrected chi connectivity index (χ4v) is 4.45. The molecule has 0 radical (unpaired) electrons. The quantitative estimate of drug-likeness (QED) is 0.797. The molecule has 3 heteroatoms. The summed E-state index contributed by atoms with van der Waals surface area (Å²) < 4.78 is 5.54. The van der Waals surface area contributed by atoms with Crippen molar-refractivity contribution in [3.63, 3.8) is 0 Å². The molecule has 0 heterocycles. The molecule has 2 aromatic carbocycles. The molecular weight excluding hydrogens is 279 g/mol. The molecule has 0 amide bonds. The Kier molecular flexibility index (Phi) is 6.38. The summed E-state index contributed by atoms with van der Waals surface area (Å²) in [5.74, 6) is 0. The number of rotatable bonds is 7. The smallest absolute Gasteiger partial charge is 0.0818 e. The van der Waals surface area contributed by atoms with Crippen LogP contribution in [0, 0.1) is 0 Å². The van der Waals surface area contributed by atoms with Crippen molar-refractivity contribution in [3.8, 4) is 0 Å². The van der Waals surface area contributed by atoms with Crippen LogP contribution in [0.2, 0.25) is 0 Å². The lowest BCUT2D eigenvalue weighted by Crippen LogP contribution is -2.26. The minimum Gasteiger partial charge on any atom is -0.390 e. The topological polar surface area (TPSA) is 29.5 Å². The first-order valence-electron chi connectivity index (χ1n) is 7.34. The standard InChI is InChI=1S/C18H23O2P/c1-15(2)20-13-16(19)14-21(17-9-5-3-6-10-17)18-11-7-4-8-12-18/h3-12,15-16,19H,13-14H2,1-2H3. The van der Waals surface area contributed by atoms with Gasteiger partial charge in [0.05, 0.1) is 18.8 Å². The molecule has 0 bridgehead atoms. The minimum atomic E-state index is -0.551. The van der Waals surface area contributed by atoms with Gasteiger partial charge in [0.1, 0.15) is 0 Å². The molecule has 1 N–H and O–H groups in total. The van der Waals surface area contributed by atoms with E-state index in [4.69, 9.17) is 4.74 Å². The zero-order valence-corrected chi connectivity index (χ0v) is 13.5. The van der Waals surface area contributed by atoms with Crippen LogP contribution in [0.15, 0.2) is 60.7 Å². The Balaban J connectivity index is 2.13. The van der Waals surface area contributed by atoms with Crippen LogP contribution in [0.4, 0.5) is 0 Å². The van der Waals surface area contributed by atoms with Crippen LogP contribution in [0.5, 0.6) is 0 Å². The molecule has 2 aromatic rings. The molecule has 21 heavy (non-hydrogen) atoms. The molecule has 2 nitrogen and oxygen atoms in total. The number of ether oxygens (including phenoxy) is 1. The van der Waals surface area contributed by atoms with Gasteiger partial charge in [-0.05, 0) is 32.4 Å². The highest BCUT2D eigenvalue weighted by atomic mass is 31.1. The van der Waals surface area contributed by atoms with Gasteiger partial charge in [0.25, 0.3) is 0 Å². The maximum atomic E-state index is 10.3. The van der Waals surface area contributed by atoms with E-state index in [1.165, 1.54) is 10.6 Å². The predicted molar refractivity (Wildman–Crippen MR) is 91.0 cm³/mol. The van der Waals surface area contributed by atoms with Gasteiger partial charge in [-0.3, -0.25) is 0 Å². The Morgan fingerprint density at radius 1 is 0.905 bits per heavy atom. The van der Waals surface area contributed by atoms with Crippen LogP contribution in [-0.4, -0.2) is 30.1 Å². The summed E-state index contributed by atoms with van der Waals surface area (Å²) in [6.45, 7) is 4.38. The molecule has 0 fully saturated rings. The SMILES string of the molecule is CC(C)OCC(O)CP(c1ccccc1)c1ccccc1. The molecule has 1 unspecified atom stereocenters. The highest BCUT2D eigenvalue weighted by molar-refractivity contribution is 7.73. The third-order valence-corrected chi connectivity index (χ3v) is 5.78. The maximum Gasteiger partial charge on any atom is 0.0818 e. The average Bonchev–Trinajstić information content (AvgIpc) is 2.52. The van der Waals surface area contributed by atoms with Crippen molar-refractivity contribution in [2.75, 3.05) is 12.8 Å². The van der Waals surface area contributed by atoms with Gasteiger partial charge in [-0.15, -0.1) is 0 Å². The second-order valence-corrected chi connectivity index (χ2v) is 7.57. The Labute approximate surface area is 128 Å². The molecule has 1 atom stereocenters. The Bertz CT molecular complexity index is 474. The molecular formula is C18H23O2P. The van der Waals surface area contributed by atoms with Crippen molar-refractivity contribution in [1.82, 2.24) is 0 Å². The highest BCUT2D eigenvalue weighted by Gasteiger charge is 2.18. The van der Waals surface area contributed by atoms with Crippen LogP contribution in [-0.2, 0) is 4.74 Å². The number of benzene rings is 2. The molecule has 0 aromatic heterocycles. The maximum absolute atomic E-state index is 10.3. The van der Waals surface area contributed by atoms with Gasteiger partial charge < -0.3 is 9.84 Å². The fraction of sp³-hybridized carbons (Fsp3) is 0.333. The number of aliphatic hydroxyl groups excluding tert-OH is 1. The van der Waals surface area contributed by atoms with Crippen LogP contribution in [0.25, 0.3) is 0 Å². The van der Waals surface area contributed by atoms with Gasteiger partial charge in [0, 0.05) is 6.16 Å². The van der Waals surface area contributed by atoms with Gasteiger partial charge in [-0.25, -0.2) is 0 Å². The first-order chi connectivity index (χ1) is 10.2. The summed E-state index contributed by atoms with van der Waals surface area (Å²) in [5, 5.41) is 12.9. The van der Waals surface area contributed by atoms with E-state index in [0.717, 1.165) is 6.16 Å². The molecule has 0 spiro atoms. The van der Waals surface area contributed by atoms with Crippen LogP contribution in [0.1, 0.15) is 13.8 Å². The molecule has 0 saturated heterocycles. The Morgan fingerprint density at radius 2 is 1.38 bits per heavy atom. The summed E-state index contributed by atoms with van der Waals surface area (Å²) in [4.78, 5) is 0. The summed E-state index contributed by atoms with van der Waals surface area (Å²) in [5.41, 5.74) is 0. The summed E-state index contributed by atoms with van der Waals surface area (Å²) in [7, 11) is -0.551. The monoisotopic (exact) mass is 302 g/mol. The van der Waals surface area contributed by atoms with Crippen molar-refractivity contribution in [1.29, 1.82) is 0 Å². The molecule has 0 saturated carbocycles. The van der Waals surface area contributed by atoms with Crippen molar-refractivity contribution in [2.45, 2.75) is 26.1 Å². The molecule has 0 aliphatic rings. The van der Waals surface area contributed by atoms with Gasteiger partial charge in [-0.2, -0.15) is 0 Å². The largest absolute Gasteiger partial charge is 0.390 e. The van der Waals surface area contributed by atoms with Gasteiger partial charge >= 0.3 is 0 Å². The first kappa shape index (κ1) is 16.2. The van der Waals surface area contributed by atoms with E-state index < -0.39 is 14.0 Å². The van der Waals surface area contributed by atoms with E-state index in [2.05, 4.69) is 48.5 Å². The van der Waals surface area contributed by atoms with Gasteiger partial charge in [0.15, 0.2) is 0 Å². The van der Waals surface area contributed by atoms with E-state index in [-0.39, 0.29) is 6.10 Å². The molecule has 0 aliphatic heterocycles. The third kappa shape index (κ3) is 5.24. The van der Waals surface area contributed by atoms with Crippen LogP contribution in [0.3, 0.4) is 0 Å². The zero-order chi connectivity index (χ0) is 15.1. The predicted octanol–water partition coefficient (Wildman–Crippen LogP) is 2.91. The summed E-state index contributed by atoms with van der Waals surface area (Å²) in [6, 6.07) is 20.9. The number of hydrogen-bond donors (Lipinski definition) is 1. The first-order valence-corrected chi connectivity index (χ1v) is 8.87. The highest BCUT2D eigenvalue weighted by Crippen LogP contribution is 2.34. The van der Waals surface area contributed by atoms with Crippen molar-refractivity contribution < 1.29 is 9.84 Å². The van der Waals surface area contributed by atoms with Crippen LogP contribution < -0.4 is 10.6 Å². The van der Waals surface area contributed by atoms with E-state index in [9.17, 15) is 5.11 Å². The van der Waals surface area contributed by atoms with Crippen LogP contribution >= 0.6 is 7.92 Å². The second-order valence-electron chi connectivity index (χ2n) is 5.32. The molecule has 0 aliphatic carbocycles. The van der Waals surface area contributed by atoms with E-state index >= 15 is 0 Å². The number of aliphatic hydroxyl groups is 1. The second kappa shape index (κ2) is 8.29. The van der Waals surface area contributed by atoms with E-state index in [0.29, 0.717) is 6.61 Å². The Hall–Kier alpha value is -1.21. The van der Waals surface area contributed by atoms with Crippen molar-refractivity contribution in [3.05, 3.63) is 60.7 Å². The third-order valence-electron chi connectivity index (χ3n) is 3.15. The minimum absolute atomic E-state index is 0.152. The lowest BCUT2D eigenvalue weighted by atomic mass is 10.4. The van der Waals surface area contributed by atoms with E-state index in [1.807, 2.05) is 26.0 Å². The van der Waals surface area contributed by atoms with Gasteiger partial charge in [-0.1, -0.05) is 60.7 Å². The van der Waals surface area contributed by atoms with Gasteiger partial charge in [0.2, 0.25) is 0 Å². The fourth-order valence-electron chi connectivity index (χ4n) is 2.14. The number of hydrogen-bond acceptors (Lipinski definition) is 2. The summed E-state index contributed by atoms with van der Waals surface area (Å²) in [6.07, 6.45) is 0.453. The average molecular weight is 302 g/mol. The molecule has 2 rings (SSSR count). The molecule has 112 valence electrons. The lowest BCUT2D eigenvalue weighted by molar-refractivity contribution is 0.0150. The Morgan fingerprint density at radius 3 is 1.81 bits per heavy atom. The van der Waals surface area contributed by atoms with Crippen molar-refractivity contribution >= 4 is 18.5 Å². The zero-order valence-electron chi connectivity index (χ0n) is 12.6. The lowest BCUT2D eigenvalue weighted by Gasteiger charge is -2.22. The normalized spacial score (nSPS) is 12.8. The van der Waals surface area contributed by atoms with E-state index in [1.54, 1.807) is 0 Å².